The number of ether oxygens (including phenoxy) is 1. The van der Waals surface area contributed by atoms with Crippen LogP contribution < -0.4 is 15.9 Å². The van der Waals surface area contributed by atoms with E-state index >= 15 is 0 Å². The highest BCUT2D eigenvalue weighted by atomic mass is 35.5. The monoisotopic (exact) mass is 533 g/mol. The third-order valence-corrected chi connectivity index (χ3v) is 7.56. The molecule has 188 valence electrons. The van der Waals surface area contributed by atoms with E-state index in [1.54, 1.807) is 24.3 Å². The molecule has 0 spiro atoms. The van der Waals surface area contributed by atoms with Crippen LogP contribution in [0.25, 0.3) is 32.5 Å². The number of hydrogen-bond donors (Lipinski definition) is 1. The molecule has 3 heterocycles. The summed E-state index contributed by atoms with van der Waals surface area (Å²) in [5.41, 5.74) is 9.50. The Balaban J connectivity index is 1.66. The first-order valence-corrected chi connectivity index (χ1v) is 13.0. The van der Waals surface area contributed by atoms with Gasteiger partial charge in [-0.25, -0.2) is 9.97 Å². The molecule has 0 saturated heterocycles. The number of benzene rings is 2. The van der Waals surface area contributed by atoms with Crippen LogP contribution in [0.15, 0.2) is 51.7 Å². The van der Waals surface area contributed by atoms with E-state index in [1.165, 1.54) is 6.07 Å². The third kappa shape index (κ3) is 4.58. The molecule has 0 aliphatic rings. The molecule has 0 aliphatic heterocycles. The number of aryl methyl sites for hydroxylation is 2. The fourth-order valence-electron chi connectivity index (χ4n) is 4.36. The molecule has 1 atom stereocenters. The number of aromatic nitrogens is 2. The predicted octanol–water partition coefficient (Wildman–Crippen LogP) is 6.54. The van der Waals surface area contributed by atoms with Crippen molar-refractivity contribution in [1.82, 2.24) is 9.97 Å². The van der Waals surface area contributed by atoms with Crippen molar-refractivity contribution in [3.05, 3.63) is 85.2 Å². The van der Waals surface area contributed by atoms with Gasteiger partial charge in [-0.05, 0) is 75.2 Å². The van der Waals surface area contributed by atoms with Crippen LogP contribution in [0.3, 0.4) is 0 Å². The lowest BCUT2D eigenvalue weighted by atomic mass is 10.00. The summed E-state index contributed by atoms with van der Waals surface area (Å²) < 4.78 is 13.6. The van der Waals surface area contributed by atoms with Crippen LogP contribution in [0.5, 0.6) is 5.75 Å². The summed E-state index contributed by atoms with van der Waals surface area (Å²) in [6.45, 7) is 7.56. The average Bonchev–Trinajstić information content (AvgIpc) is 3.29. The summed E-state index contributed by atoms with van der Waals surface area (Å²) in [7, 11) is 0. The molecule has 0 fully saturated rings. The summed E-state index contributed by atoms with van der Waals surface area (Å²) >= 11 is 7.57. The van der Waals surface area contributed by atoms with Gasteiger partial charge in [0.1, 0.15) is 22.6 Å². The Morgan fingerprint density at radius 2 is 1.95 bits per heavy atom. The molecule has 0 radical (unpaired) electrons. The summed E-state index contributed by atoms with van der Waals surface area (Å²) in [5, 5.41) is 1.65. The minimum atomic E-state index is -0.757. The van der Waals surface area contributed by atoms with Crippen molar-refractivity contribution in [2.45, 2.75) is 40.2 Å². The maximum Gasteiger partial charge on any atom is 0.271 e. The van der Waals surface area contributed by atoms with E-state index in [-0.39, 0.29) is 22.0 Å². The number of nitrogens with zero attached hydrogens (tertiary/aromatic N) is 2. The first-order valence-electron chi connectivity index (χ1n) is 11.8. The molecule has 5 aromatic rings. The molecule has 0 aliphatic carbocycles. The Labute approximate surface area is 221 Å². The largest absolute Gasteiger partial charge is 0.483 e. The summed E-state index contributed by atoms with van der Waals surface area (Å²) in [5.74, 6) is -0.0711. The number of amides is 1. The van der Waals surface area contributed by atoms with Gasteiger partial charge in [0.25, 0.3) is 5.91 Å². The van der Waals surface area contributed by atoms with Gasteiger partial charge < -0.3 is 14.9 Å². The van der Waals surface area contributed by atoms with Crippen molar-refractivity contribution in [3.8, 4) is 17.1 Å². The van der Waals surface area contributed by atoms with Crippen LogP contribution >= 0.6 is 22.9 Å². The van der Waals surface area contributed by atoms with Crippen LogP contribution in [-0.2, 0) is 6.42 Å². The van der Waals surface area contributed by atoms with Crippen LogP contribution in [-0.4, -0.2) is 15.9 Å². The second-order valence-corrected chi connectivity index (χ2v) is 10.4. The van der Waals surface area contributed by atoms with E-state index < -0.39 is 12.0 Å². The van der Waals surface area contributed by atoms with Crippen molar-refractivity contribution in [3.63, 3.8) is 0 Å². The SMILES string of the molecule is CCc1nc2ccc(-c3oc4c([C@@H](C)Oc5ccc(Cl)nc5C(N)=O)cc(C)cc4c(=O)c3C)cc2s1. The number of thiazole rings is 1. The Morgan fingerprint density at radius 1 is 1.16 bits per heavy atom. The Bertz CT molecular complexity index is 1760. The molecule has 0 unspecified atom stereocenters. The van der Waals surface area contributed by atoms with Crippen molar-refractivity contribution >= 4 is 50.0 Å². The molecule has 3 aromatic heterocycles. The molecule has 2 aromatic carbocycles. The minimum absolute atomic E-state index is 0.0707. The van der Waals surface area contributed by atoms with Gasteiger partial charge in [-0.2, -0.15) is 0 Å². The van der Waals surface area contributed by atoms with Gasteiger partial charge in [0, 0.05) is 16.7 Å². The van der Waals surface area contributed by atoms with E-state index in [0.29, 0.717) is 27.9 Å². The number of carbonyl (C=O) groups excluding carboxylic acids is 1. The van der Waals surface area contributed by atoms with Crippen molar-refractivity contribution in [1.29, 1.82) is 0 Å². The third-order valence-electron chi connectivity index (χ3n) is 6.19. The normalized spacial score (nSPS) is 12.2. The Kier molecular flexibility index (Phi) is 6.47. The lowest BCUT2D eigenvalue weighted by molar-refractivity contribution is 0.0988. The van der Waals surface area contributed by atoms with Gasteiger partial charge in [0.05, 0.1) is 20.6 Å². The van der Waals surface area contributed by atoms with Crippen LogP contribution in [0.1, 0.15) is 52.1 Å². The van der Waals surface area contributed by atoms with Gasteiger partial charge in [-0.3, -0.25) is 9.59 Å². The summed E-state index contributed by atoms with van der Waals surface area (Å²) in [6.07, 6.45) is 0.262. The molecule has 7 nitrogen and oxygen atoms in total. The highest BCUT2D eigenvalue weighted by molar-refractivity contribution is 7.18. The van der Waals surface area contributed by atoms with Gasteiger partial charge in [0.15, 0.2) is 16.9 Å². The van der Waals surface area contributed by atoms with Crippen molar-refractivity contribution in [2.75, 3.05) is 0 Å². The number of hydrogen-bond acceptors (Lipinski definition) is 7. The van der Waals surface area contributed by atoms with E-state index in [4.69, 9.17) is 26.5 Å². The summed E-state index contributed by atoms with van der Waals surface area (Å²) in [4.78, 5) is 34.1. The first-order chi connectivity index (χ1) is 17.7. The Hall–Kier alpha value is -3.75. The number of rotatable bonds is 6. The number of primary amides is 1. The lowest BCUT2D eigenvalue weighted by Gasteiger charge is -2.19. The maximum atomic E-state index is 13.5. The van der Waals surface area contributed by atoms with Crippen molar-refractivity contribution < 1.29 is 13.9 Å². The standard InChI is InChI=1S/C28H24ClN3O4S/c1-5-23-31-19-7-6-16(12-21(19)37-23)26-14(3)25(33)18-11-13(2)10-17(27(18)36-26)15(4)35-20-8-9-22(29)32-24(20)28(30)34/h6-12,15H,5H2,1-4H3,(H2,30,34)/t15-/m1/s1. The summed E-state index contributed by atoms with van der Waals surface area (Å²) in [6, 6.07) is 12.7. The van der Waals surface area contributed by atoms with Gasteiger partial charge in [0.2, 0.25) is 0 Å². The first kappa shape index (κ1) is 24.9. The molecule has 37 heavy (non-hydrogen) atoms. The predicted molar refractivity (Wildman–Crippen MR) is 147 cm³/mol. The minimum Gasteiger partial charge on any atom is -0.483 e. The van der Waals surface area contributed by atoms with E-state index in [9.17, 15) is 9.59 Å². The fraction of sp³-hybridized carbons (Fsp3) is 0.214. The number of pyridine rings is 1. The van der Waals surface area contributed by atoms with E-state index in [0.717, 1.165) is 32.8 Å². The zero-order valence-corrected chi connectivity index (χ0v) is 22.3. The zero-order valence-electron chi connectivity index (χ0n) is 20.7. The molecule has 9 heteroatoms. The molecular weight excluding hydrogens is 510 g/mol. The smallest absolute Gasteiger partial charge is 0.271 e. The van der Waals surface area contributed by atoms with Gasteiger partial charge in [-0.1, -0.05) is 18.5 Å². The van der Waals surface area contributed by atoms with Crippen LogP contribution in [0.2, 0.25) is 5.15 Å². The Morgan fingerprint density at radius 3 is 2.68 bits per heavy atom. The maximum absolute atomic E-state index is 13.5. The zero-order chi connectivity index (χ0) is 26.4. The number of nitrogens with two attached hydrogens (primary N) is 1. The fourth-order valence-corrected chi connectivity index (χ4v) is 5.45. The molecule has 5 rings (SSSR count). The highest BCUT2D eigenvalue weighted by Crippen LogP contribution is 2.35. The number of carbonyl (C=O) groups is 1. The highest BCUT2D eigenvalue weighted by Gasteiger charge is 2.22. The van der Waals surface area contributed by atoms with Crippen molar-refractivity contribution in [2.24, 2.45) is 5.73 Å². The second kappa shape index (κ2) is 9.61. The molecule has 0 saturated carbocycles. The number of fused-ring (bicyclic) bond motifs is 2. The lowest BCUT2D eigenvalue weighted by Crippen LogP contribution is -2.17. The molecule has 0 bridgehead atoms. The van der Waals surface area contributed by atoms with Crippen LogP contribution in [0.4, 0.5) is 0 Å². The van der Waals surface area contributed by atoms with E-state index in [1.807, 2.05) is 44.2 Å². The average molecular weight is 534 g/mol. The quantitative estimate of drug-likeness (QED) is 0.248. The second-order valence-electron chi connectivity index (χ2n) is 8.86. The number of halogens is 1. The van der Waals surface area contributed by atoms with E-state index in [2.05, 4.69) is 16.9 Å². The van der Waals surface area contributed by atoms with Gasteiger partial charge >= 0.3 is 0 Å². The molecule has 2 N–H and O–H groups in total. The topological polar surface area (TPSA) is 108 Å². The molecule has 1 amide bonds. The van der Waals surface area contributed by atoms with Gasteiger partial charge in [-0.15, -0.1) is 11.3 Å². The molecular formula is C28H24ClN3O4S. The van der Waals surface area contributed by atoms with Crippen LogP contribution in [0, 0.1) is 13.8 Å².